The van der Waals surface area contributed by atoms with Gasteiger partial charge in [-0.25, -0.2) is 17.9 Å². The molecule has 0 aromatic carbocycles. The second kappa shape index (κ2) is 4.77. The molecule has 8 nitrogen and oxygen atoms in total. The van der Waals surface area contributed by atoms with Gasteiger partial charge >= 0.3 is 6.03 Å². The average Bonchev–Trinajstić information content (AvgIpc) is 2.18. The number of hydrogen-bond donors (Lipinski definition) is 2. The molecule has 0 radical (unpaired) electrons. The number of rotatable bonds is 4. The zero-order valence-corrected chi connectivity index (χ0v) is 13.0. The molecule has 21 heavy (non-hydrogen) atoms. The molecule has 118 valence electrons. The van der Waals surface area contributed by atoms with Crippen LogP contribution < -0.4 is 10.0 Å². The van der Waals surface area contributed by atoms with Gasteiger partial charge in [0.2, 0.25) is 21.8 Å². The first kappa shape index (κ1) is 15.9. The summed E-state index contributed by atoms with van der Waals surface area (Å²) in [7, 11) is -3.49. The summed E-state index contributed by atoms with van der Waals surface area (Å²) in [4.78, 5) is 37.1. The normalized spacial score (nSPS) is 22.2. The second-order valence-corrected chi connectivity index (χ2v) is 8.09. The number of imide groups is 2. The number of urea groups is 1. The Hall–Kier alpha value is -1.48. The fourth-order valence-electron chi connectivity index (χ4n) is 2.78. The summed E-state index contributed by atoms with van der Waals surface area (Å²) < 4.78 is 25.0. The number of sulfonamides is 1. The lowest BCUT2D eigenvalue weighted by molar-refractivity contribution is -0.158. The Morgan fingerprint density at radius 2 is 1.86 bits per heavy atom. The number of carbonyl (C=O) groups excluding carboxylic acids is 3. The zero-order chi connectivity index (χ0) is 16.1. The molecule has 1 saturated carbocycles. The lowest BCUT2D eigenvalue weighted by Crippen LogP contribution is -2.68. The minimum absolute atomic E-state index is 0.139. The molecule has 1 heterocycles. The summed E-state index contributed by atoms with van der Waals surface area (Å²) in [5.41, 5.74) is -2.17. The van der Waals surface area contributed by atoms with E-state index in [4.69, 9.17) is 0 Å². The molecule has 2 N–H and O–H groups in total. The topological polar surface area (TPSA) is 113 Å². The second-order valence-electron chi connectivity index (χ2n) is 6.34. The summed E-state index contributed by atoms with van der Waals surface area (Å²) in [5.74, 6) is -1.08. The van der Waals surface area contributed by atoms with E-state index in [2.05, 4.69) is 10.0 Å². The van der Waals surface area contributed by atoms with Gasteiger partial charge < -0.3 is 0 Å². The largest absolute Gasteiger partial charge is 0.330 e. The van der Waals surface area contributed by atoms with E-state index < -0.39 is 38.8 Å². The molecule has 0 aromatic rings. The highest BCUT2D eigenvalue weighted by molar-refractivity contribution is 7.88. The predicted octanol–water partition coefficient (Wildman–Crippen LogP) is -0.437. The van der Waals surface area contributed by atoms with Crippen LogP contribution in [0, 0.1) is 5.41 Å². The molecule has 1 spiro atoms. The van der Waals surface area contributed by atoms with E-state index in [0.29, 0.717) is 12.8 Å². The number of amides is 4. The molecule has 0 aromatic heterocycles. The first-order chi connectivity index (χ1) is 9.47. The highest BCUT2D eigenvalue weighted by Gasteiger charge is 2.57. The molecular formula is C12H19N3O5S. The van der Waals surface area contributed by atoms with Crippen molar-refractivity contribution in [2.24, 2.45) is 5.41 Å². The van der Waals surface area contributed by atoms with Crippen LogP contribution in [-0.4, -0.2) is 49.5 Å². The van der Waals surface area contributed by atoms with E-state index in [1.807, 2.05) is 0 Å². The van der Waals surface area contributed by atoms with Gasteiger partial charge in [-0.1, -0.05) is 6.42 Å². The third kappa shape index (κ3) is 2.93. The first-order valence-electron chi connectivity index (χ1n) is 6.63. The van der Waals surface area contributed by atoms with Gasteiger partial charge in [-0.3, -0.25) is 19.8 Å². The third-order valence-corrected chi connectivity index (χ3v) is 4.70. The van der Waals surface area contributed by atoms with Crippen LogP contribution in [0.2, 0.25) is 0 Å². The van der Waals surface area contributed by atoms with Gasteiger partial charge in [0, 0.05) is 12.1 Å². The quantitative estimate of drug-likeness (QED) is 0.683. The van der Waals surface area contributed by atoms with E-state index in [-0.39, 0.29) is 6.54 Å². The highest BCUT2D eigenvalue weighted by Crippen LogP contribution is 2.44. The fraction of sp³-hybridized carbons (Fsp3) is 0.750. The number of nitrogens with zero attached hydrogens (tertiary/aromatic N) is 1. The summed E-state index contributed by atoms with van der Waals surface area (Å²) in [6.07, 6.45) is 2.60. The van der Waals surface area contributed by atoms with Crippen LogP contribution in [0.1, 0.15) is 33.1 Å². The Kier molecular flexibility index (Phi) is 3.61. The van der Waals surface area contributed by atoms with Crippen molar-refractivity contribution in [3.63, 3.8) is 0 Å². The molecule has 1 saturated heterocycles. The average molecular weight is 317 g/mol. The van der Waals surface area contributed by atoms with Crippen molar-refractivity contribution >= 4 is 27.9 Å². The molecule has 0 bridgehead atoms. The molecule has 2 aliphatic rings. The van der Waals surface area contributed by atoms with Crippen LogP contribution in [0.3, 0.4) is 0 Å². The van der Waals surface area contributed by atoms with E-state index in [0.717, 1.165) is 17.6 Å². The van der Waals surface area contributed by atoms with E-state index in [9.17, 15) is 22.8 Å². The Morgan fingerprint density at radius 1 is 1.29 bits per heavy atom. The van der Waals surface area contributed by atoms with Crippen molar-refractivity contribution in [3.8, 4) is 0 Å². The highest BCUT2D eigenvalue weighted by atomic mass is 32.2. The van der Waals surface area contributed by atoms with Gasteiger partial charge in [0.05, 0.1) is 6.26 Å². The van der Waals surface area contributed by atoms with Gasteiger partial charge in [0.25, 0.3) is 0 Å². The van der Waals surface area contributed by atoms with Crippen molar-refractivity contribution in [1.29, 1.82) is 0 Å². The molecule has 4 amide bonds. The van der Waals surface area contributed by atoms with Crippen molar-refractivity contribution in [2.45, 2.75) is 38.6 Å². The molecule has 2 fully saturated rings. The minimum Gasteiger partial charge on any atom is -0.277 e. The number of nitrogens with one attached hydrogen (secondary N) is 2. The van der Waals surface area contributed by atoms with Crippen LogP contribution in [0.25, 0.3) is 0 Å². The smallest absolute Gasteiger partial charge is 0.277 e. The number of hydrogen-bond acceptors (Lipinski definition) is 5. The number of barbiturate groups is 1. The van der Waals surface area contributed by atoms with Gasteiger partial charge in [0.15, 0.2) is 0 Å². The molecule has 0 unspecified atom stereocenters. The van der Waals surface area contributed by atoms with Crippen LogP contribution in [0.4, 0.5) is 4.79 Å². The summed E-state index contributed by atoms with van der Waals surface area (Å²) in [6, 6.07) is -0.800. The van der Waals surface area contributed by atoms with Crippen molar-refractivity contribution in [1.82, 2.24) is 14.9 Å². The number of carbonyl (C=O) groups is 3. The fourth-order valence-corrected chi connectivity index (χ4v) is 3.84. The Balaban J connectivity index is 2.21. The maximum atomic E-state index is 12.5. The minimum atomic E-state index is -3.49. The lowest BCUT2D eigenvalue weighted by atomic mass is 9.66. The van der Waals surface area contributed by atoms with Crippen LogP contribution in [0.5, 0.6) is 0 Å². The molecule has 1 aliphatic carbocycles. The van der Waals surface area contributed by atoms with Gasteiger partial charge in [-0.05, 0) is 26.7 Å². The predicted molar refractivity (Wildman–Crippen MR) is 73.6 cm³/mol. The molecule has 9 heteroatoms. The van der Waals surface area contributed by atoms with E-state index in [1.165, 1.54) is 0 Å². The maximum absolute atomic E-state index is 12.5. The van der Waals surface area contributed by atoms with Crippen molar-refractivity contribution < 1.29 is 22.8 Å². The Morgan fingerprint density at radius 3 is 2.29 bits per heavy atom. The van der Waals surface area contributed by atoms with Gasteiger partial charge in [0.1, 0.15) is 5.41 Å². The van der Waals surface area contributed by atoms with Crippen LogP contribution in [0.15, 0.2) is 0 Å². The summed E-state index contributed by atoms with van der Waals surface area (Å²) in [6.45, 7) is 3.00. The Labute approximate surface area is 123 Å². The Bertz CT molecular complexity index is 606. The first-order valence-corrected chi connectivity index (χ1v) is 8.52. The SMILES string of the molecule is CC(C)(CN1C(=O)NC(=O)C2(CCC2)C1=O)NS(C)(=O)=O. The van der Waals surface area contributed by atoms with Crippen LogP contribution >= 0.6 is 0 Å². The summed E-state index contributed by atoms with van der Waals surface area (Å²) in [5, 5.41) is 2.19. The molecule has 0 atom stereocenters. The standard InChI is InChI=1S/C12H19N3O5S/c1-11(2,14-21(3,19)20)7-15-9(17)12(5-4-6-12)8(16)13-10(15)18/h14H,4-7H2,1-3H3,(H,13,16,18). The van der Waals surface area contributed by atoms with Crippen molar-refractivity contribution in [3.05, 3.63) is 0 Å². The van der Waals surface area contributed by atoms with Crippen molar-refractivity contribution in [2.75, 3.05) is 12.8 Å². The van der Waals surface area contributed by atoms with E-state index in [1.54, 1.807) is 13.8 Å². The maximum Gasteiger partial charge on any atom is 0.330 e. The summed E-state index contributed by atoms with van der Waals surface area (Å²) >= 11 is 0. The third-order valence-electron chi connectivity index (χ3n) is 3.78. The van der Waals surface area contributed by atoms with Gasteiger partial charge in [-0.2, -0.15) is 0 Å². The lowest BCUT2D eigenvalue weighted by Gasteiger charge is -2.46. The molecular weight excluding hydrogens is 298 g/mol. The van der Waals surface area contributed by atoms with Crippen LogP contribution in [-0.2, 0) is 19.6 Å². The van der Waals surface area contributed by atoms with E-state index >= 15 is 0 Å². The molecule has 1 aliphatic heterocycles. The zero-order valence-electron chi connectivity index (χ0n) is 12.2. The molecule has 2 rings (SSSR count). The monoisotopic (exact) mass is 317 g/mol. The van der Waals surface area contributed by atoms with Gasteiger partial charge in [-0.15, -0.1) is 0 Å².